The minimum absolute atomic E-state index is 0. The van der Waals surface area contributed by atoms with E-state index in [-0.39, 0.29) is 22.4 Å². The van der Waals surface area contributed by atoms with Gasteiger partial charge in [0.05, 0.1) is 0 Å². The third kappa shape index (κ3) is 8.82. The van der Waals surface area contributed by atoms with E-state index in [0.29, 0.717) is 13.1 Å². The van der Waals surface area contributed by atoms with E-state index in [9.17, 15) is 0 Å². The Labute approximate surface area is 52.4 Å². The van der Waals surface area contributed by atoms with Crippen molar-refractivity contribution >= 4 is 0 Å². The van der Waals surface area contributed by atoms with Crippen molar-refractivity contribution in [2.24, 2.45) is 5.73 Å². The van der Waals surface area contributed by atoms with Crippen molar-refractivity contribution in [3.05, 3.63) is 0 Å². The van der Waals surface area contributed by atoms with Gasteiger partial charge in [0.15, 0.2) is 0 Å². The zero-order valence-corrected chi connectivity index (χ0v) is 4.72. The molecule has 4 N–H and O–H groups in total. The molecule has 0 saturated carbocycles. The number of hydrogen-bond acceptors (Lipinski definition) is 3. The zero-order valence-electron chi connectivity index (χ0n) is 3.24. The molecule has 0 atom stereocenters. The average Bonchev–Trinajstić information content (AvgIpc) is 1.41. The summed E-state index contributed by atoms with van der Waals surface area (Å²) >= 11 is 0. The maximum absolute atomic E-state index is 7.74. The van der Waals surface area contributed by atoms with Crippen molar-refractivity contribution < 1.29 is 27.6 Å². The van der Waals surface area contributed by atoms with Gasteiger partial charge in [0, 0.05) is 35.5 Å². The second kappa shape index (κ2) is 9.15. The first-order chi connectivity index (χ1) is 2.41. The molecule has 0 unspecified atom stereocenters. The fraction of sp³-hybridized carbons (Fsp3) is 1.00. The first kappa shape index (κ1) is 9.80. The second-order valence-electron chi connectivity index (χ2n) is 0.697. The van der Waals surface area contributed by atoms with E-state index in [0.717, 1.165) is 0 Å². The molecule has 0 aromatic heterocycles. The Morgan fingerprint density at radius 1 is 1.67 bits per heavy atom. The number of nitrogens with two attached hydrogens (primary N) is 1. The number of nitrogens with one attached hydrogen (secondary N) is 1. The van der Waals surface area contributed by atoms with E-state index in [4.69, 9.17) is 10.9 Å². The van der Waals surface area contributed by atoms with Crippen LogP contribution in [0.4, 0.5) is 0 Å². The Morgan fingerprint density at radius 3 is 2.17 bits per heavy atom. The molecule has 0 rings (SSSR count). The van der Waals surface area contributed by atoms with Crippen LogP contribution in [0.25, 0.3) is 0 Å². The maximum atomic E-state index is 7.74. The molecule has 0 fully saturated rings. The van der Waals surface area contributed by atoms with Crippen LogP contribution in [0.3, 0.4) is 0 Å². The van der Waals surface area contributed by atoms with Gasteiger partial charge in [-0.05, 0) is 0 Å². The number of hydroxylamine groups is 1. The summed E-state index contributed by atoms with van der Waals surface area (Å²) in [5, 5.41) is 7.74. The van der Waals surface area contributed by atoms with Gasteiger partial charge in [0.1, 0.15) is 0 Å². The quantitative estimate of drug-likeness (QED) is 0.378. The SMILES string of the molecule is NCCNO.[Ag]. The molecule has 43 valence electrons. The van der Waals surface area contributed by atoms with Crippen LogP contribution in [-0.2, 0) is 22.4 Å². The van der Waals surface area contributed by atoms with Crippen LogP contribution in [0.1, 0.15) is 0 Å². The predicted molar refractivity (Wildman–Crippen MR) is 18.8 cm³/mol. The Balaban J connectivity index is 0. The topological polar surface area (TPSA) is 58.3 Å². The Kier molecular flexibility index (Phi) is 14.9. The smallest absolute Gasteiger partial charge is 0.0330 e. The Bertz CT molecular complexity index is 19.0. The van der Waals surface area contributed by atoms with E-state index >= 15 is 0 Å². The van der Waals surface area contributed by atoms with Gasteiger partial charge in [-0.25, -0.2) is 5.48 Å². The van der Waals surface area contributed by atoms with E-state index < -0.39 is 0 Å². The van der Waals surface area contributed by atoms with Crippen LogP contribution in [0, 0.1) is 0 Å². The zero-order chi connectivity index (χ0) is 4.12. The standard InChI is InChI=1S/C2H8N2O.Ag/c3-1-2-4-5;/h4-5H,1-3H2;. The maximum Gasteiger partial charge on any atom is 0.0330 e. The summed E-state index contributed by atoms with van der Waals surface area (Å²) in [4.78, 5) is 0. The van der Waals surface area contributed by atoms with E-state index in [1.54, 1.807) is 0 Å². The van der Waals surface area contributed by atoms with Crippen molar-refractivity contribution in [1.29, 1.82) is 0 Å². The molecule has 4 heteroatoms. The van der Waals surface area contributed by atoms with Gasteiger partial charge in [-0.3, -0.25) is 0 Å². The summed E-state index contributed by atoms with van der Waals surface area (Å²) in [6.07, 6.45) is 0. The summed E-state index contributed by atoms with van der Waals surface area (Å²) < 4.78 is 0. The van der Waals surface area contributed by atoms with E-state index in [2.05, 4.69) is 0 Å². The minimum Gasteiger partial charge on any atom is -0.329 e. The van der Waals surface area contributed by atoms with Gasteiger partial charge < -0.3 is 10.9 Å². The molecule has 6 heavy (non-hydrogen) atoms. The van der Waals surface area contributed by atoms with Crippen molar-refractivity contribution in [2.75, 3.05) is 13.1 Å². The van der Waals surface area contributed by atoms with Crippen LogP contribution >= 0.6 is 0 Å². The van der Waals surface area contributed by atoms with Gasteiger partial charge in [0.25, 0.3) is 0 Å². The second-order valence-corrected chi connectivity index (χ2v) is 0.697. The fourth-order valence-corrected chi connectivity index (χ4v) is 0.0645. The summed E-state index contributed by atoms with van der Waals surface area (Å²) in [7, 11) is 0. The van der Waals surface area contributed by atoms with Gasteiger partial charge >= 0.3 is 0 Å². The third-order valence-corrected chi connectivity index (χ3v) is 0.256. The molecular weight excluding hydrogens is 176 g/mol. The van der Waals surface area contributed by atoms with Crippen LogP contribution in [0.15, 0.2) is 0 Å². The van der Waals surface area contributed by atoms with Gasteiger partial charge in [0.2, 0.25) is 0 Å². The van der Waals surface area contributed by atoms with Gasteiger partial charge in [-0.15, -0.1) is 0 Å². The summed E-state index contributed by atoms with van der Waals surface area (Å²) in [5.74, 6) is 0. The Morgan fingerprint density at radius 2 is 2.17 bits per heavy atom. The molecular formula is C2H8AgN2O. The fourth-order valence-electron chi connectivity index (χ4n) is 0.0645. The van der Waals surface area contributed by atoms with E-state index in [1.807, 2.05) is 5.48 Å². The summed E-state index contributed by atoms with van der Waals surface area (Å²) in [6.45, 7) is 0.955. The summed E-state index contributed by atoms with van der Waals surface area (Å²) in [6, 6.07) is 0. The molecule has 0 bridgehead atoms. The van der Waals surface area contributed by atoms with Gasteiger partial charge in [-0.1, -0.05) is 0 Å². The molecule has 0 aromatic rings. The van der Waals surface area contributed by atoms with E-state index in [1.165, 1.54) is 0 Å². The van der Waals surface area contributed by atoms with Crippen LogP contribution < -0.4 is 11.2 Å². The molecule has 1 radical (unpaired) electrons. The summed E-state index contributed by atoms with van der Waals surface area (Å²) in [5.41, 5.74) is 6.81. The molecule has 0 aromatic carbocycles. The monoisotopic (exact) mass is 183 g/mol. The molecule has 0 amide bonds. The minimum atomic E-state index is 0. The average molecular weight is 184 g/mol. The predicted octanol–water partition coefficient (Wildman–Crippen LogP) is -1.08. The first-order valence-corrected chi connectivity index (χ1v) is 1.49. The molecule has 0 aliphatic carbocycles. The first-order valence-electron chi connectivity index (χ1n) is 1.49. The molecule has 0 saturated heterocycles. The molecule has 0 aliphatic rings. The third-order valence-electron chi connectivity index (χ3n) is 0.256. The Hall–Kier alpha value is 0.620. The van der Waals surface area contributed by atoms with Crippen LogP contribution in [0.2, 0.25) is 0 Å². The van der Waals surface area contributed by atoms with Crippen molar-refractivity contribution in [3.63, 3.8) is 0 Å². The molecule has 0 aliphatic heterocycles. The normalized spacial score (nSPS) is 7.00. The van der Waals surface area contributed by atoms with Crippen LogP contribution in [0.5, 0.6) is 0 Å². The number of hydrogen-bond donors (Lipinski definition) is 3. The van der Waals surface area contributed by atoms with Crippen molar-refractivity contribution in [1.82, 2.24) is 5.48 Å². The van der Waals surface area contributed by atoms with Crippen molar-refractivity contribution in [3.8, 4) is 0 Å². The van der Waals surface area contributed by atoms with Crippen LogP contribution in [-0.4, -0.2) is 18.3 Å². The van der Waals surface area contributed by atoms with Gasteiger partial charge in [-0.2, -0.15) is 0 Å². The molecule has 0 heterocycles. The molecule has 0 spiro atoms. The number of rotatable bonds is 2. The largest absolute Gasteiger partial charge is 0.329 e. The van der Waals surface area contributed by atoms with Crippen molar-refractivity contribution in [2.45, 2.75) is 0 Å². The molecule has 3 nitrogen and oxygen atoms in total.